The van der Waals surface area contributed by atoms with Crippen LogP contribution in [0.2, 0.25) is 0 Å². The average Bonchev–Trinajstić information content (AvgIpc) is 2.46. The molecule has 3 nitrogen and oxygen atoms in total. The van der Waals surface area contributed by atoms with Crippen molar-refractivity contribution in [1.29, 1.82) is 0 Å². The summed E-state index contributed by atoms with van der Waals surface area (Å²) in [6, 6.07) is 10.7. The molecule has 4 heteroatoms. The molecule has 0 aliphatic rings. The van der Waals surface area contributed by atoms with Crippen molar-refractivity contribution in [3.8, 4) is 11.5 Å². The minimum Gasteiger partial charge on any atom is -0.497 e. The minimum atomic E-state index is -0.0199. The van der Waals surface area contributed by atoms with Crippen molar-refractivity contribution in [3.05, 3.63) is 57.6 Å². The van der Waals surface area contributed by atoms with Crippen molar-refractivity contribution in [3.63, 3.8) is 0 Å². The highest BCUT2D eigenvalue weighted by molar-refractivity contribution is 9.10. The number of ether oxygens (including phenoxy) is 2. The first-order chi connectivity index (χ1) is 9.56. The summed E-state index contributed by atoms with van der Waals surface area (Å²) in [5.74, 6) is 1.43. The Morgan fingerprint density at radius 2 is 1.80 bits per heavy atom. The van der Waals surface area contributed by atoms with E-state index in [0.717, 1.165) is 15.8 Å². The first-order valence-electron chi connectivity index (χ1n) is 6.09. The molecule has 0 bridgehead atoms. The lowest BCUT2D eigenvalue weighted by molar-refractivity contribution is 0.103. The third kappa shape index (κ3) is 2.85. The standard InChI is InChI=1S/C16H15BrO3/c1-10-8-12(19-2)5-6-13(10)16(18)11-4-7-15(20-3)14(17)9-11/h4-9H,1-3H3. The highest BCUT2D eigenvalue weighted by Gasteiger charge is 2.14. The van der Waals surface area contributed by atoms with Crippen LogP contribution in [0.3, 0.4) is 0 Å². The molecule has 0 N–H and O–H groups in total. The number of rotatable bonds is 4. The highest BCUT2D eigenvalue weighted by atomic mass is 79.9. The van der Waals surface area contributed by atoms with Crippen molar-refractivity contribution in [2.45, 2.75) is 6.92 Å². The van der Waals surface area contributed by atoms with E-state index in [-0.39, 0.29) is 5.78 Å². The molecule has 0 atom stereocenters. The summed E-state index contributed by atoms with van der Waals surface area (Å²) in [6.07, 6.45) is 0. The molecule has 0 heterocycles. The van der Waals surface area contributed by atoms with Gasteiger partial charge in [0, 0.05) is 11.1 Å². The summed E-state index contributed by atoms with van der Waals surface area (Å²) in [5, 5.41) is 0. The van der Waals surface area contributed by atoms with Crippen LogP contribution in [0.25, 0.3) is 0 Å². The maximum absolute atomic E-state index is 12.5. The Bertz CT molecular complexity index is 650. The summed E-state index contributed by atoms with van der Waals surface area (Å²) in [5.41, 5.74) is 2.18. The molecule has 0 aliphatic heterocycles. The summed E-state index contributed by atoms with van der Waals surface area (Å²) < 4.78 is 11.1. The molecule has 0 unspecified atom stereocenters. The smallest absolute Gasteiger partial charge is 0.193 e. The van der Waals surface area contributed by atoms with Gasteiger partial charge in [-0.3, -0.25) is 4.79 Å². The summed E-state index contributed by atoms with van der Waals surface area (Å²) >= 11 is 3.39. The van der Waals surface area contributed by atoms with Gasteiger partial charge < -0.3 is 9.47 Å². The number of aryl methyl sites for hydroxylation is 1. The van der Waals surface area contributed by atoms with E-state index < -0.39 is 0 Å². The van der Waals surface area contributed by atoms with Gasteiger partial charge in [0.05, 0.1) is 18.7 Å². The number of halogens is 1. The Morgan fingerprint density at radius 3 is 2.35 bits per heavy atom. The second-order valence-electron chi connectivity index (χ2n) is 4.36. The molecule has 0 spiro atoms. The van der Waals surface area contributed by atoms with Crippen LogP contribution < -0.4 is 9.47 Å². The SMILES string of the molecule is COc1ccc(C(=O)c2ccc(OC)c(Br)c2)c(C)c1. The van der Waals surface area contributed by atoms with E-state index in [1.807, 2.05) is 13.0 Å². The summed E-state index contributed by atoms with van der Waals surface area (Å²) in [7, 11) is 3.20. The van der Waals surface area contributed by atoms with Gasteiger partial charge in [0.25, 0.3) is 0 Å². The van der Waals surface area contributed by atoms with Crippen LogP contribution in [0, 0.1) is 6.92 Å². The van der Waals surface area contributed by atoms with E-state index in [9.17, 15) is 4.79 Å². The number of benzene rings is 2. The zero-order valence-electron chi connectivity index (χ0n) is 11.6. The molecule has 0 radical (unpaired) electrons. The largest absolute Gasteiger partial charge is 0.497 e. The van der Waals surface area contributed by atoms with Crippen LogP contribution in [-0.2, 0) is 0 Å². The Morgan fingerprint density at radius 1 is 1.05 bits per heavy atom. The Hall–Kier alpha value is -1.81. The third-order valence-electron chi connectivity index (χ3n) is 3.09. The number of hydrogen-bond donors (Lipinski definition) is 0. The van der Waals surface area contributed by atoms with Crippen molar-refractivity contribution >= 4 is 21.7 Å². The van der Waals surface area contributed by atoms with Gasteiger partial charge in [0.1, 0.15) is 11.5 Å². The van der Waals surface area contributed by atoms with Gasteiger partial charge in [-0.05, 0) is 64.8 Å². The van der Waals surface area contributed by atoms with Crippen molar-refractivity contribution < 1.29 is 14.3 Å². The monoisotopic (exact) mass is 334 g/mol. The topological polar surface area (TPSA) is 35.5 Å². The Labute approximate surface area is 126 Å². The number of carbonyl (C=O) groups is 1. The van der Waals surface area contributed by atoms with E-state index >= 15 is 0 Å². The fourth-order valence-corrected chi connectivity index (χ4v) is 2.52. The van der Waals surface area contributed by atoms with Crippen LogP contribution in [0.1, 0.15) is 21.5 Å². The lowest BCUT2D eigenvalue weighted by Gasteiger charge is -2.09. The maximum Gasteiger partial charge on any atom is 0.193 e. The normalized spacial score (nSPS) is 10.2. The Kier molecular flexibility index (Phi) is 4.45. The predicted octanol–water partition coefficient (Wildman–Crippen LogP) is 4.01. The lowest BCUT2D eigenvalue weighted by atomic mass is 9.99. The van der Waals surface area contributed by atoms with E-state index in [1.165, 1.54) is 0 Å². The summed E-state index contributed by atoms with van der Waals surface area (Å²) in [4.78, 5) is 12.5. The fourth-order valence-electron chi connectivity index (χ4n) is 1.98. The molecule has 104 valence electrons. The highest BCUT2D eigenvalue weighted by Crippen LogP contribution is 2.27. The molecule has 0 fully saturated rings. The van der Waals surface area contributed by atoms with Gasteiger partial charge in [-0.25, -0.2) is 0 Å². The van der Waals surface area contributed by atoms with Crippen LogP contribution in [-0.4, -0.2) is 20.0 Å². The third-order valence-corrected chi connectivity index (χ3v) is 3.71. The van der Waals surface area contributed by atoms with Crippen LogP contribution in [0.5, 0.6) is 11.5 Å². The van der Waals surface area contributed by atoms with E-state index in [1.54, 1.807) is 44.6 Å². The summed E-state index contributed by atoms with van der Waals surface area (Å²) in [6.45, 7) is 1.90. The van der Waals surface area contributed by atoms with Crippen LogP contribution in [0.4, 0.5) is 0 Å². The molecular formula is C16H15BrO3. The fraction of sp³-hybridized carbons (Fsp3) is 0.188. The zero-order chi connectivity index (χ0) is 14.7. The number of hydrogen-bond acceptors (Lipinski definition) is 3. The molecule has 2 aromatic rings. The molecule has 0 saturated heterocycles. The first-order valence-corrected chi connectivity index (χ1v) is 6.89. The number of methoxy groups -OCH3 is 2. The molecule has 2 rings (SSSR count). The maximum atomic E-state index is 12.5. The quantitative estimate of drug-likeness (QED) is 0.792. The van der Waals surface area contributed by atoms with Crippen LogP contribution >= 0.6 is 15.9 Å². The molecular weight excluding hydrogens is 320 g/mol. The van der Waals surface area contributed by atoms with Gasteiger partial charge in [0.2, 0.25) is 0 Å². The number of carbonyl (C=O) groups excluding carboxylic acids is 1. The average molecular weight is 335 g/mol. The van der Waals surface area contributed by atoms with Crippen molar-refractivity contribution in [1.82, 2.24) is 0 Å². The van der Waals surface area contributed by atoms with E-state index in [0.29, 0.717) is 16.9 Å². The molecule has 20 heavy (non-hydrogen) atoms. The first kappa shape index (κ1) is 14.6. The van der Waals surface area contributed by atoms with Crippen molar-refractivity contribution in [2.75, 3.05) is 14.2 Å². The molecule has 0 saturated carbocycles. The molecule has 0 amide bonds. The van der Waals surface area contributed by atoms with Gasteiger partial charge in [-0.1, -0.05) is 0 Å². The predicted molar refractivity (Wildman–Crippen MR) is 81.9 cm³/mol. The molecule has 0 aliphatic carbocycles. The van der Waals surface area contributed by atoms with Gasteiger partial charge in [-0.2, -0.15) is 0 Å². The van der Waals surface area contributed by atoms with Crippen LogP contribution in [0.15, 0.2) is 40.9 Å². The van der Waals surface area contributed by atoms with Crippen molar-refractivity contribution in [2.24, 2.45) is 0 Å². The number of ketones is 1. The zero-order valence-corrected chi connectivity index (χ0v) is 13.2. The minimum absolute atomic E-state index is 0.0199. The second-order valence-corrected chi connectivity index (χ2v) is 5.21. The second kappa shape index (κ2) is 6.09. The van der Waals surface area contributed by atoms with E-state index in [4.69, 9.17) is 9.47 Å². The molecule has 0 aromatic heterocycles. The van der Waals surface area contributed by atoms with Gasteiger partial charge >= 0.3 is 0 Å². The van der Waals surface area contributed by atoms with Gasteiger partial charge in [-0.15, -0.1) is 0 Å². The Balaban J connectivity index is 2.38. The van der Waals surface area contributed by atoms with E-state index in [2.05, 4.69) is 15.9 Å². The lowest BCUT2D eigenvalue weighted by Crippen LogP contribution is -2.04. The van der Waals surface area contributed by atoms with Gasteiger partial charge in [0.15, 0.2) is 5.78 Å². The molecule has 2 aromatic carbocycles.